The van der Waals surface area contributed by atoms with Gasteiger partial charge in [-0.1, -0.05) is 0 Å². The number of carbonyl (C=O) groups excluding carboxylic acids is 5. The minimum absolute atomic E-state index is 0.0578. The highest BCUT2D eigenvalue weighted by atomic mass is 16.7. The van der Waals surface area contributed by atoms with Crippen molar-refractivity contribution in [2.45, 2.75) is 47.5 Å². The van der Waals surface area contributed by atoms with Gasteiger partial charge in [-0.05, 0) is 25.5 Å². The molecule has 0 saturated carbocycles. The number of methoxy groups -OCH3 is 1. The quantitative estimate of drug-likeness (QED) is 0.425. The highest BCUT2D eigenvalue weighted by Crippen LogP contribution is 2.55. The minimum atomic E-state index is -1.61. The van der Waals surface area contributed by atoms with Gasteiger partial charge in [0.05, 0.1) is 18.2 Å². The highest BCUT2D eigenvalue weighted by molar-refractivity contribution is 6.03. The van der Waals surface area contributed by atoms with Crippen molar-refractivity contribution in [2.75, 3.05) is 7.11 Å². The van der Waals surface area contributed by atoms with Crippen LogP contribution in [0.4, 0.5) is 0 Å². The summed E-state index contributed by atoms with van der Waals surface area (Å²) in [5, 5.41) is 0. The monoisotopic (exact) mass is 514 g/mol. The predicted molar refractivity (Wildman–Crippen MR) is 121 cm³/mol. The second-order valence-electron chi connectivity index (χ2n) is 8.19. The molecule has 2 aromatic carbocycles. The first kappa shape index (κ1) is 25.5. The molecular formula is C25H22O12. The molecule has 12 heteroatoms. The number of benzene rings is 2. The second-order valence-corrected chi connectivity index (χ2v) is 8.19. The van der Waals surface area contributed by atoms with Crippen LogP contribution in [0.1, 0.15) is 70.0 Å². The summed E-state index contributed by atoms with van der Waals surface area (Å²) in [6.45, 7) is 6.04. The van der Waals surface area contributed by atoms with Crippen LogP contribution in [-0.4, -0.2) is 37.0 Å². The molecule has 2 aliphatic heterocycles. The maximum absolute atomic E-state index is 13.3. The summed E-state index contributed by atoms with van der Waals surface area (Å²) in [4.78, 5) is 61.7. The lowest BCUT2D eigenvalue weighted by Crippen LogP contribution is -2.15. The van der Waals surface area contributed by atoms with Gasteiger partial charge in [-0.3, -0.25) is 14.4 Å². The van der Waals surface area contributed by atoms with Crippen LogP contribution in [0.3, 0.4) is 0 Å². The molecule has 0 amide bonds. The number of carbonyl (C=O) groups is 5. The molecule has 0 bridgehead atoms. The van der Waals surface area contributed by atoms with E-state index in [0.717, 1.165) is 20.8 Å². The van der Waals surface area contributed by atoms with E-state index >= 15 is 0 Å². The lowest BCUT2D eigenvalue weighted by molar-refractivity contribution is -0.165. The minimum Gasteiger partial charge on any atom is -0.496 e. The molecule has 0 aromatic heterocycles. The Balaban J connectivity index is 2.10. The first-order valence-electron chi connectivity index (χ1n) is 10.9. The van der Waals surface area contributed by atoms with Crippen molar-refractivity contribution < 1.29 is 57.1 Å². The van der Waals surface area contributed by atoms with E-state index in [1.165, 1.54) is 7.11 Å². The second kappa shape index (κ2) is 9.45. The molecule has 2 aromatic rings. The summed E-state index contributed by atoms with van der Waals surface area (Å²) in [5.41, 5.74) is 0.324. The van der Waals surface area contributed by atoms with E-state index in [1.54, 1.807) is 19.9 Å². The van der Waals surface area contributed by atoms with Gasteiger partial charge in [-0.2, -0.15) is 0 Å². The summed E-state index contributed by atoms with van der Waals surface area (Å²) in [5.74, 6) is -4.66. The summed E-state index contributed by atoms with van der Waals surface area (Å²) in [7, 11) is 1.45. The van der Waals surface area contributed by atoms with E-state index < -0.39 is 48.5 Å². The number of fused-ring (bicyclic) bond motifs is 4. The lowest BCUT2D eigenvalue weighted by atomic mass is 10.00. The first-order valence-corrected chi connectivity index (χ1v) is 10.9. The van der Waals surface area contributed by atoms with Gasteiger partial charge in [0.15, 0.2) is 17.2 Å². The van der Waals surface area contributed by atoms with Crippen LogP contribution in [0.25, 0.3) is 0 Å². The third-order valence-corrected chi connectivity index (χ3v) is 5.59. The van der Waals surface area contributed by atoms with Gasteiger partial charge in [0.2, 0.25) is 0 Å². The Kier molecular flexibility index (Phi) is 6.51. The fraction of sp³-hybridized carbons (Fsp3) is 0.320. The molecule has 0 saturated heterocycles. The maximum Gasteiger partial charge on any atom is 0.347 e. The van der Waals surface area contributed by atoms with Crippen molar-refractivity contribution in [3.8, 4) is 28.7 Å². The number of esters is 5. The predicted octanol–water partition coefficient (Wildman–Crippen LogP) is 3.36. The van der Waals surface area contributed by atoms with Crippen LogP contribution in [0.5, 0.6) is 28.7 Å². The number of rotatable bonds is 5. The van der Waals surface area contributed by atoms with Crippen LogP contribution in [0, 0.1) is 13.8 Å². The lowest BCUT2D eigenvalue weighted by Gasteiger charge is -2.20. The van der Waals surface area contributed by atoms with Gasteiger partial charge < -0.3 is 33.2 Å². The third-order valence-electron chi connectivity index (χ3n) is 5.59. The molecule has 1 atom stereocenters. The normalized spacial score (nSPS) is 15.1. The summed E-state index contributed by atoms with van der Waals surface area (Å²) >= 11 is 0. The molecule has 0 radical (unpaired) electrons. The van der Waals surface area contributed by atoms with E-state index in [-0.39, 0.29) is 39.5 Å². The fourth-order valence-corrected chi connectivity index (χ4v) is 4.09. The maximum atomic E-state index is 13.3. The topological polar surface area (TPSA) is 150 Å². The molecule has 12 nitrogen and oxygen atoms in total. The van der Waals surface area contributed by atoms with Crippen LogP contribution < -0.4 is 18.9 Å². The highest BCUT2D eigenvalue weighted by Gasteiger charge is 2.46. The molecule has 1 unspecified atom stereocenters. The molecule has 4 rings (SSSR count). The third kappa shape index (κ3) is 4.41. The number of ether oxygens (including phenoxy) is 7. The van der Waals surface area contributed by atoms with Crippen LogP contribution >= 0.6 is 0 Å². The van der Waals surface area contributed by atoms with Crippen LogP contribution in [0.2, 0.25) is 0 Å². The molecule has 0 aliphatic carbocycles. The molecule has 194 valence electrons. The Morgan fingerprint density at radius 1 is 0.892 bits per heavy atom. The SMILES string of the molecule is COc1cc(C)c2c(c1C)Oc1c(c(COC(C)=O)c(OC(C)=O)c3c1C(OC(C)=O)OC3=O)OC2=O. The Hall–Kier alpha value is -4.61. The Morgan fingerprint density at radius 2 is 1.59 bits per heavy atom. The van der Waals surface area contributed by atoms with Gasteiger partial charge in [-0.25, -0.2) is 9.59 Å². The van der Waals surface area contributed by atoms with Crippen molar-refractivity contribution >= 4 is 29.8 Å². The Labute approximate surface area is 210 Å². The summed E-state index contributed by atoms with van der Waals surface area (Å²) in [6, 6.07) is 1.62. The van der Waals surface area contributed by atoms with E-state index in [4.69, 9.17) is 33.2 Å². The summed E-state index contributed by atoms with van der Waals surface area (Å²) in [6.07, 6.45) is -1.61. The van der Waals surface area contributed by atoms with Crippen LogP contribution in [0.15, 0.2) is 6.07 Å². The van der Waals surface area contributed by atoms with E-state index in [9.17, 15) is 24.0 Å². The zero-order valence-corrected chi connectivity index (χ0v) is 20.8. The van der Waals surface area contributed by atoms with E-state index in [2.05, 4.69) is 0 Å². The smallest absolute Gasteiger partial charge is 0.347 e. The summed E-state index contributed by atoms with van der Waals surface area (Å²) < 4.78 is 38.1. The van der Waals surface area contributed by atoms with E-state index in [1.807, 2.05) is 0 Å². The van der Waals surface area contributed by atoms with Crippen molar-refractivity contribution in [1.82, 2.24) is 0 Å². The zero-order chi connectivity index (χ0) is 27.2. The Morgan fingerprint density at radius 3 is 2.19 bits per heavy atom. The van der Waals surface area contributed by atoms with Crippen molar-refractivity contribution in [3.63, 3.8) is 0 Å². The molecule has 0 spiro atoms. The standard InChI is InChI=1S/C25H22O12/c1-9-7-15(31-6)10(2)19-16(9)23(29)36-21-14(8-32-11(3)26)20(33-12(4)27)17-18(22(21)35-19)25(34-13(5)28)37-24(17)30/h7,25H,8H2,1-6H3. The average Bonchev–Trinajstić information content (AvgIpc) is 3.01. The van der Waals surface area contributed by atoms with Crippen molar-refractivity contribution in [2.24, 2.45) is 0 Å². The Bertz CT molecular complexity index is 1390. The van der Waals surface area contributed by atoms with Crippen LogP contribution in [-0.2, 0) is 35.2 Å². The molecule has 2 heterocycles. The number of aryl methyl sites for hydroxylation is 1. The van der Waals surface area contributed by atoms with Gasteiger partial charge >= 0.3 is 29.8 Å². The first-order chi connectivity index (χ1) is 17.4. The van der Waals surface area contributed by atoms with Gasteiger partial charge in [-0.15, -0.1) is 0 Å². The average molecular weight is 514 g/mol. The number of hydrogen-bond acceptors (Lipinski definition) is 12. The molecule has 37 heavy (non-hydrogen) atoms. The number of hydrogen-bond donors (Lipinski definition) is 0. The molecule has 0 N–H and O–H groups in total. The molecule has 0 fully saturated rings. The van der Waals surface area contributed by atoms with Gasteiger partial charge in [0, 0.05) is 26.3 Å². The zero-order valence-electron chi connectivity index (χ0n) is 20.8. The largest absolute Gasteiger partial charge is 0.496 e. The van der Waals surface area contributed by atoms with Crippen molar-refractivity contribution in [3.05, 3.63) is 39.4 Å². The fourth-order valence-electron chi connectivity index (χ4n) is 4.09. The van der Waals surface area contributed by atoms with E-state index in [0.29, 0.717) is 16.9 Å². The van der Waals surface area contributed by atoms with Gasteiger partial charge in [0.1, 0.15) is 29.2 Å². The number of cyclic esters (lactones) is 1. The van der Waals surface area contributed by atoms with Gasteiger partial charge in [0.25, 0.3) is 6.29 Å². The molecular weight excluding hydrogens is 492 g/mol. The van der Waals surface area contributed by atoms with Crippen molar-refractivity contribution in [1.29, 1.82) is 0 Å². The molecule has 2 aliphatic rings.